The Morgan fingerprint density at radius 1 is 0.939 bits per heavy atom. The van der Waals surface area contributed by atoms with Crippen molar-refractivity contribution in [3.05, 3.63) is 53.6 Å². The molecule has 0 unspecified atom stereocenters. The lowest BCUT2D eigenvalue weighted by Gasteiger charge is -2.65. The number of sulfone groups is 1. The molecule has 0 atom stereocenters. The first-order valence-electron chi connectivity index (χ1n) is 9.58. The van der Waals surface area contributed by atoms with Gasteiger partial charge in [0, 0.05) is 31.1 Å². The molecule has 0 aromatic heterocycles. The molecular formula is C20H18F4N2O5S2. The van der Waals surface area contributed by atoms with Crippen molar-refractivity contribution >= 4 is 31.5 Å². The molecule has 0 spiro atoms. The first-order chi connectivity index (χ1) is 15.0. The van der Waals surface area contributed by atoms with Gasteiger partial charge in [-0.15, -0.1) is 0 Å². The van der Waals surface area contributed by atoms with Crippen LogP contribution in [0.3, 0.4) is 0 Å². The van der Waals surface area contributed by atoms with Crippen molar-refractivity contribution in [1.29, 1.82) is 0 Å². The summed E-state index contributed by atoms with van der Waals surface area (Å²) in [4.78, 5) is 12.2. The second-order valence-corrected chi connectivity index (χ2v) is 12.2. The van der Waals surface area contributed by atoms with Crippen LogP contribution in [0.4, 0.5) is 23.2 Å². The Morgan fingerprint density at radius 3 is 1.97 bits per heavy atom. The predicted octanol–water partition coefficient (Wildman–Crippen LogP) is 3.28. The summed E-state index contributed by atoms with van der Waals surface area (Å²) in [6, 6.07) is 6.03. The third-order valence-electron chi connectivity index (χ3n) is 5.74. The Labute approximate surface area is 187 Å². The quantitative estimate of drug-likeness (QED) is 0.585. The average Bonchev–Trinajstić information content (AvgIpc) is 2.64. The smallest absolute Gasteiger partial charge is 0.346 e. The maximum absolute atomic E-state index is 13.7. The van der Waals surface area contributed by atoms with Gasteiger partial charge in [-0.1, -0.05) is 0 Å². The Kier molecular flexibility index (Phi) is 5.10. The predicted molar refractivity (Wildman–Crippen MR) is 110 cm³/mol. The Balaban J connectivity index is 1.66. The van der Waals surface area contributed by atoms with E-state index in [0.717, 1.165) is 36.6 Å². The number of nitrogens with one attached hydrogen (secondary N) is 2. The highest BCUT2D eigenvalue weighted by molar-refractivity contribution is 7.92. The summed E-state index contributed by atoms with van der Waals surface area (Å²) in [6.07, 6.45) is -3.58. The van der Waals surface area contributed by atoms with Crippen molar-refractivity contribution in [2.75, 3.05) is 11.0 Å². The number of rotatable bonds is 6. The largest absolute Gasteiger partial charge is 0.416 e. The highest BCUT2D eigenvalue weighted by Crippen LogP contribution is 2.63. The second kappa shape index (κ2) is 7.16. The van der Waals surface area contributed by atoms with Gasteiger partial charge in [0.2, 0.25) is 0 Å². The molecule has 33 heavy (non-hydrogen) atoms. The van der Waals surface area contributed by atoms with Crippen LogP contribution in [-0.4, -0.2) is 40.2 Å². The molecule has 2 aromatic rings. The normalized spacial score (nSPS) is 24.4. The zero-order chi connectivity index (χ0) is 24.4. The summed E-state index contributed by atoms with van der Waals surface area (Å²) >= 11 is 0. The molecule has 3 saturated carbocycles. The first kappa shape index (κ1) is 23.5. The molecule has 7 nitrogen and oxygen atoms in total. The summed E-state index contributed by atoms with van der Waals surface area (Å²) in [5.41, 5.74) is -4.26. The van der Waals surface area contributed by atoms with Gasteiger partial charge in [0.25, 0.3) is 15.9 Å². The van der Waals surface area contributed by atoms with Crippen molar-refractivity contribution < 1.29 is 39.2 Å². The van der Waals surface area contributed by atoms with E-state index in [9.17, 15) is 39.2 Å². The summed E-state index contributed by atoms with van der Waals surface area (Å²) in [7, 11) is -8.08. The molecule has 2 N–H and O–H groups in total. The van der Waals surface area contributed by atoms with Gasteiger partial charge < -0.3 is 5.32 Å². The molecule has 0 radical (unpaired) electrons. The molecule has 0 saturated heterocycles. The molecule has 3 aliphatic carbocycles. The van der Waals surface area contributed by atoms with E-state index in [1.807, 2.05) is 4.72 Å². The fourth-order valence-corrected chi connectivity index (χ4v) is 5.88. The van der Waals surface area contributed by atoms with E-state index in [-0.39, 0.29) is 29.7 Å². The number of halogens is 4. The number of benzene rings is 2. The van der Waals surface area contributed by atoms with Crippen molar-refractivity contribution in [2.24, 2.45) is 0 Å². The molecule has 178 valence electrons. The van der Waals surface area contributed by atoms with Crippen LogP contribution in [0.25, 0.3) is 0 Å². The third kappa shape index (κ3) is 4.43. The number of carbonyl (C=O) groups excluding carboxylic acids is 1. The maximum atomic E-state index is 13.7. The number of hydrogen-bond donors (Lipinski definition) is 2. The molecule has 13 heteroatoms. The van der Waals surface area contributed by atoms with Gasteiger partial charge in [0.15, 0.2) is 9.84 Å². The van der Waals surface area contributed by atoms with Crippen molar-refractivity contribution in [1.82, 2.24) is 5.32 Å². The van der Waals surface area contributed by atoms with E-state index >= 15 is 0 Å². The lowest BCUT2D eigenvalue weighted by Crippen LogP contribution is -2.76. The van der Waals surface area contributed by atoms with Crippen molar-refractivity contribution in [2.45, 2.75) is 46.4 Å². The number of carbonyl (C=O) groups is 1. The van der Waals surface area contributed by atoms with E-state index in [0.29, 0.717) is 12.1 Å². The van der Waals surface area contributed by atoms with Gasteiger partial charge in [-0.3, -0.25) is 9.52 Å². The van der Waals surface area contributed by atoms with E-state index in [4.69, 9.17) is 0 Å². The topological polar surface area (TPSA) is 109 Å². The molecule has 2 aromatic carbocycles. The Bertz CT molecular complexity index is 1330. The van der Waals surface area contributed by atoms with Gasteiger partial charge in [-0.2, -0.15) is 13.2 Å². The van der Waals surface area contributed by atoms with Crippen LogP contribution in [0, 0.1) is 0 Å². The van der Waals surface area contributed by atoms with Crippen LogP contribution >= 0.6 is 0 Å². The van der Waals surface area contributed by atoms with Gasteiger partial charge in [-0.05, 0) is 42.5 Å². The number of hydrogen-bond acceptors (Lipinski definition) is 5. The van der Waals surface area contributed by atoms with Crippen molar-refractivity contribution in [3.63, 3.8) is 0 Å². The van der Waals surface area contributed by atoms with Gasteiger partial charge >= 0.3 is 6.18 Å². The van der Waals surface area contributed by atoms with Gasteiger partial charge in [0.1, 0.15) is 5.67 Å². The minimum atomic E-state index is -4.80. The molecule has 0 aliphatic heterocycles. The van der Waals surface area contributed by atoms with Crippen LogP contribution < -0.4 is 10.0 Å². The standard InChI is InChI=1S/C20H18F4N2O5S2/c1-32(28,29)13-3-5-14(6-4-13)33(30,31)26-16-8-12(20(22,23)24)2-7-15(16)17(27)25-19-9-18(21,10-19)11-19/h2-8,26H,9-11H2,1H3,(H,25,27). The summed E-state index contributed by atoms with van der Waals surface area (Å²) in [6.45, 7) is 0. The van der Waals surface area contributed by atoms with E-state index in [2.05, 4.69) is 5.32 Å². The van der Waals surface area contributed by atoms with E-state index in [1.54, 1.807) is 0 Å². The molecule has 3 aliphatic rings. The lowest BCUT2D eigenvalue weighted by molar-refractivity contribution is -0.162. The minimum Gasteiger partial charge on any atom is -0.346 e. The number of alkyl halides is 4. The zero-order valence-corrected chi connectivity index (χ0v) is 18.7. The van der Waals surface area contributed by atoms with Crippen LogP contribution in [0.1, 0.15) is 35.2 Å². The first-order valence-corrected chi connectivity index (χ1v) is 13.0. The number of amides is 1. The maximum Gasteiger partial charge on any atom is 0.416 e. The third-order valence-corrected chi connectivity index (χ3v) is 8.25. The molecule has 1 amide bonds. The highest BCUT2D eigenvalue weighted by Gasteiger charge is 2.69. The fraction of sp³-hybridized carbons (Fsp3) is 0.350. The van der Waals surface area contributed by atoms with Crippen LogP contribution in [0.5, 0.6) is 0 Å². The molecule has 5 rings (SSSR count). The molecular weight excluding hydrogens is 488 g/mol. The van der Waals surface area contributed by atoms with E-state index in [1.165, 1.54) is 0 Å². The van der Waals surface area contributed by atoms with Crippen LogP contribution in [0.2, 0.25) is 0 Å². The molecule has 3 fully saturated rings. The summed E-state index contributed by atoms with van der Waals surface area (Å²) in [5, 5.41) is 2.59. The lowest BCUT2D eigenvalue weighted by atomic mass is 9.47. The number of anilines is 1. The van der Waals surface area contributed by atoms with Crippen molar-refractivity contribution in [3.8, 4) is 0 Å². The van der Waals surface area contributed by atoms with Gasteiger partial charge in [0.05, 0.1) is 26.6 Å². The Morgan fingerprint density at radius 2 is 1.48 bits per heavy atom. The number of sulfonamides is 1. The van der Waals surface area contributed by atoms with Crippen LogP contribution in [0.15, 0.2) is 52.3 Å². The summed E-state index contributed by atoms with van der Waals surface area (Å²) in [5.74, 6) is -0.837. The SMILES string of the molecule is CS(=O)(=O)c1ccc(S(=O)(=O)Nc2cc(C(F)(F)F)ccc2C(=O)NC23CC(F)(C2)C3)cc1. The monoisotopic (exact) mass is 506 g/mol. The fourth-order valence-electron chi connectivity index (χ4n) is 4.18. The van der Waals surface area contributed by atoms with Gasteiger partial charge in [-0.25, -0.2) is 21.2 Å². The average molecular weight is 506 g/mol. The zero-order valence-electron chi connectivity index (χ0n) is 17.0. The Hall–Kier alpha value is -2.67. The minimum absolute atomic E-state index is 0.0973. The highest BCUT2D eigenvalue weighted by atomic mass is 32.2. The second-order valence-electron chi connectivity index (χ2n) is 8.52. The molecule has 0 heterocycles. The summed E-state index contributed by atoms with van der Waals surface area (Å²) < 4.78 is 104. The van der Waals surface area contributed by atoms with E-state index < -0.39 is 59.3 Å². The van der Waals surface area contributed by atoms with Crippen LogP contribution in [-0.2, 0) is 26.0 Å². The molecule has 2 bridgehead atoms.